The standard InChI is InChI=1S/C23H23FN4O2S2/c1-26(2)9-10-27(12-16-5-7-17(24)8-6-16)20(29)13-28-15-25-22-21(23(28)30)18(14-32-22)19-4-3-11-31-19/h3-8,11,14-15H,9-10,12-13H2,1-2H3. The highest BCUT2D eigenvalue weighted by atomic mass is 32.1. The number of thiophene rings is 2. The number of carbonyl (C=O) groups is 1. The van der Waals surface area contributed by atoms with E-state index < -0.39 is 0 Å². The minimum absolute atomic E-state index is 0.101. The maximum atomic E-state index is 13.3. The molecule has 3 aromatic heterocycles. The average Bonchev–Trinajstić information content (AvgIpc) is 3.44. The zero-order valence-corrected chi connectivity index (χ0v) is 19.5. The SMILES string of the molecule is CN(C)CCN(Cc1ccc(F)cc1)C(=O)Cn1cnc2scc(-c3cccs3)c2c1=O. The summed E-state index contributed by atoms with van der Waals surface area (Å²) in [5.74, 6) is -0.504. The first-order chi connectivity index (χ1) is 15.4. The Bertz CT molecular complexity index is 1260. The minimum atomic E-state index is -0.317. The van der Waals surface area contributed by atoms with Crippen molar-refractivity contribution in [2.24, 2.45) is 0 Å². The summed E-state index contributed by atoms with van der Waals surface area (Å²) in [5, 5.41) is 4.45. The third-order valence-corrected chi connectivity index (χ3v) is 6.90. The van der Waals surface area contributed by atoms with E-state index in [4.69, 9.17) is 0 Å². The van der Waals surface area contributed by atoms with Gasteiger partial charge in [-0.3, -0.25) is 14.2 Å². The third kappa shape index (κ3) is 4.95. The van der Waals surface area contributed by atoms with Crippen LogP contribution in [0.1, 0.15) is 5.56 Å². The molecule has 0 aliphatic rings. The Hall–Kier alpha value is -2.88. The van der Waals surface area contributed by atoms with Gasteiger partial charge in [0.15, 0.2) is 0 Å². The van der Waals surface area contributed by atoms with Crippen molar-refractivity contribution in [3.8, 4) is 10.4 Å². The number of benzene rings is 1. The van der Waals surface area contributed by atoms with Crippen molar-refractivity contribution >= 4 is 38.8 Å². The molecule has 4 aromatic rings. The van der Waals surface area contributed by atoms with E-state index in [0.29, 0.717) is 29.9 Å². The summed E-state index contributed by atoms with van der Waals surface area (Å²) in [5.41, 5.74) is 1.47. The van der Waals surface area contributed by atoms with Crippen molar-refractivity contribution < 1.29 is 9.18 Å². The molecule has 0 saturated carbocycles. The predicted molar refractivity (Wildman–Crippen MR) is 128 cm³/mol. The Kier molecular flexibility index (Phi) is 6.78. The Morgan fingerprint density at radius 2 is 1.91 bits per heavy atom. The van der Waals surface area contributed by atoms with E-state index >= 15 is 0 Å². The number of hydrogen-bond acceptors (Lipinski definition) is 6. The van der Waals surface area contributed by atoms with Crippen LogP contribution in [-0.2, 0) is 17.9 Å². The summed E-state index contributed by atoms with van der Waals surface area (Å²) in [7, 11) is 3.87. The maximum Gasteiger partial charge on any atom is 0.263 e. The van der Waals surface area contributed by atoms with Gasteiger partial charge in [-0.15, -0.1) is 22.7 Å². The van der Waals surface area contributed by atoms with Gasteiger partial charge in [0.1, 0.15) is 17.2 Å². The van der Waals surface area contributed by atoms with Gasteiger partial charge < -0.3 is 9.80 Å². The quantitative estimate of drug-likeness (QED) is 0.392. The van der Waals surface area contributed by atoms with Crippen molar-refractivity contribution in [2.75, 3.05) is 27.2 Å². The minimum Gasteiger partial charge on any atom is -0.336 e. The number of hydrogen-bond donors (Lipinski definition) is 0. The van der Waals surface area contributed by atoms with E-state index in [1.165, 1.54) is 34.4 Å². The first-order valence-electron chi connectivity index (χ1n) is 10.1. The molecule has 0 N–H and O–H groups in total. The third-order valence-electron chi connectivity index (χ3n) is 5.11. The lowest BCUT2D eigenvalue weighted by Crippen LogP contribution is -2.39. The first kappa shape index (κ1) is 22.3. The second kappa shape index (κ2) is 9.72. The molecular formula is C23H23FN4O2S2. The highest BCUT2D eigenvalue weighted by molar-refractivity contribution is 7.18. The molecule has 0 unspecified atom stereocenters. The number of halogens is 1. The Balaban J connectivity index is 1.60. The molecule has 0 spiro atoms. The van der Waals surface area contributed by atoms with Crippen molar-refractivity contribution in [1.82, 2.24) is 19.4 Å². The van der Waals surface area contributed by atoms with Gasteiger partial charge in [0.05, 0.1) is 11.7 Å². The number of carbonyl (C=O) groups excluding carboxylic acids is 1. The van der Waals surface area contributed by atoms with Crippen LogP contribution in [0.2, 0.25) is 0 Å². The second-order valence-corrected chi connectivity index (χ2v) is 9.54. The van der Waals surface area contributed by atoms with Crippen molar-refractivity contribution in [3.63, 3.8) is 0 Å². The molecule has 0 fully saturated rings. The maximum absolute atomic E-state index is 13.3. The highest BCUT2D eigenvalue weighted by Crippen LogP contribution is 2.33. The van der Waals surface area contributed by atoms with Crippen molar-refractivity contribution in [2.45, 2.75) is 13.1 Å². The summed E-state index contributed by atoms with van der Waals surface area (Å²) in [6, 6.07) is 10.0. The van der Waals surface area contributed by atoms with Crippen molar-refractivity contribution in [1.29, 1.82) is 0 Å². The molecule has 166 valence electrons. The number of amides is 1. The van der Waals surface area contributed by atoms with Crippen LogP contribution < -0.4 is 5.56 Å². The Morgan fingerprint density at radius 1 is 1.12 bits per heavy atom. The van der Waals surface area contributed by atoms with Gasteiger partial charge in [-0.05, 0) is 43.2 Å². The topological polar surface area (TPSA) is 58.4 Å². The van der Waals surface area contributed by atoms with Gasteiger partial charge in [-0.2, -0.15) is 0 Å². The predicted octanol–water partition coefficient (Wildman–Crippen LogP) is 3.92. The lowest BCUT2D eigenvalue weighted by Gasteiger charge is -2.25. The molecule has 0 saturated heterocycles. The lowest BCUT2D eigenvalue weighted by molar-refractivity contribution is -0.132. The fourth-order valence-electron chi connectivity index (χ4n) is 3.36. The van der Waals surface area contributed by atoms with Gasteiger partial charge in [-0.25, -0.2) is 9.37 Å². The summed E-state index contributed by atoms with van der Waals surface area (Å²) in [6.45, 7) is 1.41. The highest BCUT2D eigenvalue weighted by Gasteiger charge is 2.19. The number of rotatable bonds is 8. The lowest BCUT2D eigenvalue weighted by atomic mass is 10.2. The van der Waals surface area contributed by atoms with Crippen LogP contribution in [0.4, 0.5) is 4.39 Å². The molecule has 0 aliphatic heterocycles. The normalized spacial score (nSPS) is 11.4. The molecule has 9 heteroatoms. The summed E-state index contributed by atoms with van der Waals surface area (Å²) >= 11 is 2.99. The van der Waals surface area contributed by atoms with E-state index in [9.17, 15) is 14.0 Å². The van der Waals surface area contributed by atoms with Gasteiger partial charge in [0.2, 0.25) is 5.91 Å². The monoisotopic (exact) mass is 470 g/mol. The molecular weight excluding hydrogens is 447 g/mol. The molecule has 1 amide bonds. The second-order valence-electron chi connectivity index (χ2n) is 7.73. The number of nitrogens with zero attached hydrogens (tertiary/aromatic N) is 4. The fourth-order valence-corrected chi connectivity index (χ4v) is 5.08. The molecule has 6 nitrogen and oxygen atoms in total. The Labute approximate surface area is 193 Å². The molecule has 4 rings (SSSR count). The zero-order chi connectivity index (χ0) is 22.7. The van der Waals surface area contributed by atoms with Gasteiger partial charge in [-0.1, -0.05) is 18.2 Å². The molecule has 1 aromatic carbocycles. The fraction of sp³-hybridized carbons (Fsp3) is 0.261. The zero-order valence-electron chi connectivity index (χ0n) is 17.8. The van der Waals surface area contributed by atoms with E-state index in [2.05, 4.69) is 4.98 Å². The van der Waals surface area contributed by atoms with E-state index in [1.54, 1.807) is 28.4 Å². The van der Waals surface area contributed by atoms with Gasteiger partial charge >= 0.3 is 0 Å². The van der Waals surface area contributed by atoms with Crippen LogP contribution in [-0.4, -0.2) is 52.4 Å². The van der Waals surface area contributed by atoms with Gasteiger partial charge in [0.25, 0.3) is 5.56 Å². The van der Waals surface area contributed by atoms with Crippen LogP contribution in [0, 0.1) is 5.82 Å². The number of aromatic nitrogens is 2. The largest absolute Gasteiger partial charge is 0.336 e. The number of fused-ring (bicyclic) bond motifs is 1. The van der Waals surface area contributed by atoms with Crippen LogP contribution in [0.15, 0.2) is 58.3 Å². The smallest absolute Gasteiger partial charge is 0.263 e. The van der Waals surface area contributed by atoms with Gasteiger partial charge in [0, 0.05) is 35.5 Å². The summed E-state index contributed by atoms with van der Waals surface area (Å²) in [6.07, 6.45) is 1.44. The molecule has 0 aliphatic carbocycles. The van der Waals surface area contributed by atoms with E-state index in [1.807, 2.05) is 41.9 Å². The number of likely N-dealkylation sites (N-methyl/N-ethyl adjacent to an activating group) is 1. The van der Waals surface area contributed by atoms with E-state index in [0.717, 1.165) is 16.0 Å². The molecule has 32 heavy (non-hydrogen) atoms. The van der Waals surface area contributed by atoms with Crippen LogP contribution in [0.25, 0.3) is 20.7 Å². The average molecular weight is 471 g/mol. The summed E-state index contributed by atoms with van der Waals surface area (Å²) < 4.78 is 14.7. The van der Waals surface area contributed by atoms with Crippen LogP contribution in [0.3, 0.4) is 0 Å². The summed E-state index contributed by atoms with van der Waals surface area (Å²) in [4.78, 5) is 36.2. The molecule has 0 bridgehead atoms. The molecule has 0 atom stereocenters. The van der Waals surface area contributed by atoms with E-state index in [-0.39, 0.29) is 23.8 Å². The Morgan fingerprint density at radius 3 is 2.59 bits per heavy atom. The molecule has 0 radical (unpaired) electrons. The van der Waals surface area contributed by atoms with Crippen molar-refractivity contribution in [3.05, 3.63) is 75.2 Å². The first-order valence-corrected chi connectivity index (χ1v) is 11.9. The van der Waals surface area contributed by atoms with Crippen LogP contribution in [0.5, 0.6) is 0 Å². The van der Waals surface area contributed by atoms with Crippen LogP contribution >= 0.6 is 22.7 Å². The molecule has 3 heterocycles.